The molecule has 0 unspecified atom stereocenters. The van der Waals surface area contributed by atoms with Crippen LogP contribution in [0.15, 0.2) is 18.2 Å². The van der Waals surface area contributed by atoms with E-state index in [9.17, 15) is 13.2 Å². The summed E-state index contributed by atoms with van der Waals surface area (Å²) in [4.78, 5) is 21.6. The number of hydrogen-bond donors (Lipinski definition) is 0. The Bertz CT molecular complexity index is 954. The number of amides is 1. The molecule has 1 amide bonds. The van der Waals surface area contributed by atoms with E-state index in [0.29, 0.717) is 11.7 Å². The Labute approximate surface area is 176 Å². The van der Waals surface area contributed by atoms with E-state index in [1.807, 2.05) is 19.1 Å². The molecule has 29 heavy (non-hydrogen) atoms. The summed E-state index contributed by atoms with van der Waals surface area (Å²) in [6.45, 7) is 6.43. The Morgan fingerprint density at radius 2 is 2.03 bits per heavy atom. The highest BCUT2D eigenvalue weighted by Gasteiger charge is 2.24. The molecule has 160 valence electrons. The number of aromatic nitrogens is 1. The van der Waals surface area contributed by atoms with Crippen LogP contribution < -0.4 is 4.90 Å². The molecule has 1 saturated heterocycles. The Kier molecular flexibility index (Phi) is 7.23. The maximum Gasteiger partial charge on any atom is 0.244 e. The number of nitrogens with zero attached hydrogens (tertiary/aromatic N) is 4. The molecule has 0 atom stereocenters. The second-order valence-electron chi connectivity index (χ2n) is 7.34. The molecule has 0 aliphatic carbocycles. The van der Waals surface area contributed by atoms with Gasteiger partial charge in [-0.15, -0.1) is 0 Å². The van der Waals surface area contributed by atoms with Crippen molar-refractivity contribution in [2.75, 3.05) is 64.1 Å². The quantitative estimate of drug-likeness (QED) is 0.619. The lowest BCUT2D eigenvalue weighted by Crippen LogP contribution is -2.43. The fraction of sp³-hybridized carbons (Fsp3) is 0.579. The first-order chi connectivity index (χ1) is 13.7. The van der Waals surface area contributed by atoms with Crippen molar-refractivity contribution in [2.24, 2.45) is 0 Å². The van der Waals surface area contributed by atoms with Gasteiger partial charge in [-0.3, -0.25) is 14.6 Å². The van der Waals surface area contributed by atoms with E-state index in [2.05, 4.69) is 16.0 Å². The lowest BCUT2D eigenvalue weighted by Gasteiger charge is -2.28. The number of benzene rings is 1. The minimum absolute atomic E-state index is 0.203. The molecule has 10 heteroatoms. The Balaban J connectivity index is 1.76. The summed E-state index contributed by atoms with van der Waals surface area (Å²) < 4.78 is 31.0. The lowest BCUT2D eigenvalue weighted by atomic mass is 10.2. The van der Waals surface area contributed by atoms with E-state index in [1.165, 1.54) is 18.4 Å². The van der Waals surface area contributed by atoms with Crippen LogP contribution in [0, 0.1) is 6.92 Å². The summed E-state index contributed by atoms with van der Waals surface area (Å²) in [6.07, 6.45) is 1.88. The van der Waals surface area contributed by atoms with Gasteiger partial charge in [-0.1, -0.05) is 17.4 Å². The number of thiazole rings is 1. The predicted octanol–water partition coefficient (Wildman–Crippen LogP) is 1.55. The topological polar surface area (TPSA) is 83.1 Å². The number of fused-ring (bicyclic) bond motifs is 1. The molecule has 0 radical (unpaired) electrons. The first kappa shape index (κ1) is 22.1. The zero-order valence-electron chi connectivity index (χ0n) is 17.1. The molecule has 1 aromatic heterocycles. The van der Waals surface area contributed by atoms with Crippen LogP contribution in [0.25, 0.3) is 10.2 Å². The van der Waals surface area contributed by atoms with E-state index >= 15 is 0 Å². The third-order valence-electron chi connectivity index (χ3n) is 4.95. The summed E-state index contributed by atoms with van der Waals surface area (Å²) in [5, 5.41) is 0.611. The molecule has 1 aliphatic heterocycles. The number of ether oxygens (including phenoxy) is 1. The van der Waals surface area contributed by atoms with Crippen LogP contribution in [0.1, 0.15) is 12.0 Å². The van der Waals surface area contributed by atoms with Crippen LogP contribution in [0.2, 0.25) is 0 Å². The highest BCUT2D eigenvalue weighted by molar-refractivity contribution is 7.88. The van der Waals surface area contributed by atoms with Crippen LogP contribution in [-0.4, -0.2) is 87.8 Å². The minimum atomic E-state index is -3.43. The number of aryl methyl sites for hydroxylation is 1. The van der Waals surface area contributed by atoms with Gasteiger partial charge in [0, 0.05) is 33.2 Å². The van der Waals surface area contributed by atoms with Crippen LogP contribution in [0.4, 0.5) is 5.13 Å². The maximum absolute atomic E-state index is 13.0. The highest BCUT2D eigenvalue weighted by Crippen LogP contribution is 2.30. The van der Waals surface area contributed by atoms with Gasteiger partial charge >= 0.3 is 0 Å². The molecule has 0 spiro atoms. The number of rotatable bonds is 8. The van der Waals surface area contributed by atoms with Gasteiger partial charge in [0.1, 0.15) is 0 Å². The summed E-state index contributed by atoms with van der Waals surface area (Å²) in [6, 6.07) is 5.99. The molecule has 3 rings (SSSR count). The van der Waals surface area contributed by atoms with Gasteiger partial charge in [0.2, 0.25) is 15.9 Å². The van der Waals surface area contributed by atoms with Crippen LogP contribution in [0.3, 0.4) is 0 Å². The van der Waals surface area contributed by atoms with E-state index in [4.69, 9.17) is 4.74 Å². The highest BCUT2D eigenvalue weighted by atomic mass is 32.2. The average Bonchev–Trinajstić information content (AvgIpc) is 3.07. The zero-order chi connectivity index (χ0) is 21.0. The zero-order valence-corrected chi connectivity index (χ0v) is 18.8. The molecule has 0 N–H and O–H groups in total. The number of carbonyl (C=O) groups is 1. The molecule has 0 saturated carbocycles. The molecule has 0 bridgehead atoms. The summed E-state index contributed by atoms with van der Waals surface area (Å²) >= 11 is 1.46. The van der Waals surface area contributed by atoms with Crippen LogP contribution in [0.5, 0.6) is 0 Å². The van der Waals surface area contributed by atoms with E-state index in [-0.39, 0.29) is 12.5 Å². The number of morpholine rings is 1. The van der Waals surface area contributed by atoms with E-state index < -0.39 is 10.0 Å². The van der Waals surface area contributed by atoms with Crippen molar-refractivity contribution in [3.8, 4) is 0 Å². The number of hydrogen-bond acceptors (Lipinski definition) is 7. The minimum Gasteiger partial charge on any atom is -0.379 e. The maximum atomic E-state index is 13.0. The smallest absolute Gasteiger partial charge is 0.244 e. The molecule has 2 aromatic rings. The van der Waals surface area contributed by atoms with E-state index in [0.717, 1.165) is 65.6 Å². The standard InChI is InChI=1S/C19H28N4O4S2/c1-15-5-6-16-17(13-15)28-19(20-16)23(18(24)14-21(2)29(3,25)26)8-4-7-22-9-11-27-12-10-22/h5-6,13H,4,7-12,14H2,1-3H3. The largest absolute Gasteiger partial charge is 0.379 e. The first-order valence-electron chi connectivity index (χ1n) is 9.63. The molecule has 8 nitrogen and oxygen atoms in total. The molecule has 1 fully saturated rings. The first-order valence-corrected chi connectivity index (χ1v) is 12.3. The third-order valence-corrected chi connectivity index (χ3v) is 7.25. The van der Waals surface area contributed by atoms with Gasteiger partial charge in [-0.25, -0.2) is 13.4 Å². The van der Waals surface area contributed by atoms with Gasteiger partial charge < -0.3 is 4.74 Å². The molecule has 2 heterocycles. The van der Waals surface area contributed by atoms with Gasteiger partial charge in [0.05, 0.1) is 36.2 Å². The summed E-state index contributed by atoms with van der Waals surface area (Å²) in [5.41, 5.74) is 1.98. The number of likely N-dealkylation sites (N-methyl/N-ethyl adjacent to an activating group) is 1. The molecular weight excluding hydrogens is 412 g/mol. The van der Waals surface area contributed by atoms with Gasteiger partial charge in [0.15, 0.2) is 5.13 Å². The summed E-state index contributed by atoms with van der Waals surface area (Å²) in [7, 11) is -2.02. The van der Waals surface area contributed by atoms with Crippen LogP contribution >= 0.6 is 11.3 Å². The Hall–Kier alpha value is -1.59. The predicted molar refractivity (Wildman–Crippen MR) is 116 cm³/mol. The van der Waals surface area contributed by atoms with Crippen molar-refractivity contribution in [3.63, 3.8) is 0 Å². The summed E-state index contributed by atoms with van der Waals surface area (Å²) in [5.74, 6) is -0.268. The van der Waals surface area contributed by atoms with Crippen molar-refractivity contribution < 1.29 is 17.9 Å². The number of anilines is 1. The molecule has 1 aliphatic rings. The van der Waals surface area contributed by atoms with Gasteiger partial charge in [-0.2, -0.15) is 4.31 Å². The SMILES string of the molecule is Cc1ccc2nc(N(CCCN3CCOCC3)C(=O)CN(C)S(C)(=O)=O)sc2c1. The second-order valence-corrected chi connectivity index (χ2v) is 10.4. The normalized spacial score (nSPS) is 15.9. The van der Waals surface area contributed by atoms with Crippen molar-refractivity contribution in [2.45, 2.75) is 13.3 Å². The van der Waals surface area contributed by atoms with Crippen molar-refractivity contribution in [1.82, 2.24) is 14.2 Å². The van der Waals surface area contributed by atoms with Crippen molar-refractivity contribution in [1.29, 1.82) is 0 Å². The Morgan fingerprint density at radius 3 is 2.72 bits per heavy atom. The lowest BCUT2D eigenvalue weighted by molar-refractivity contribution is -0.118. The number of sulfonamides is 1. The third kappa shape index (κ3) is 5.95. The molecule has 1 aromatic carbocycles. The Morgan fingerprint density at radius 1 is 1.31 bits per heavy atom. The fourth-order valence-corrected chi connectivity index (χ4v) is 4.58. The van der Waals surface area contributed by atoms with Crippen LogP contribution in [-0.2, 0) is 19.6 Å². The van der Waals surface area contributed by atoms with Crippen molar-refractivity contribution >= 4 is 42.6 Å². The van der Waals surface area contributed by atoms with Gasteiger partial charge in [0.25, 0.3) is 0 Å². The van der Waals surface area contributed by atoms with E-state index in [1.54, 1.807) is 4.90 Å². The molecular formula is C19H28N4O4S2. The monoisotopic (exact) mass is 440 g/mol. The second kappa shape index (κ2) is 9.48. The fourth-order valence-electron chi connectivity index (χ4n) is 3.13. The van der Waals surface area contributed by atoms with Crippen molar-refractivity contribution in [3.05, 3.63) is 23.8 Å². The average molecular weight is 441 g/mol. The number of carbonyl (C=O) groups excluding carboxylic acids is 1. The van der Waals surface area contributed by atoms with Gasteiger partial charge in [-0.05, 0) is 31.0 Å².